The van der Waals surface area contributed by atoms with Gasteiger partial charge >= 0.3 is 5.97 Å². The van der Waals surface area contributed by atoms with Gasteiger partial charge in [0.05, 0.1) is 13.2 Å². The normalized spacial score (nSPS) is 30.0. The number of aliphatic hydroxyl groups excluding tert-OH is 5. The molecule has 0 aliphatic carbocycles. The zero-order valence-electron chi connectivity index (χ0n) is 15.3. The highest BCUT2D eigenvalue weighted by atomic mass is 16.7. The Morgan fingerprint density at radius 1 is 1.19 bits per heavy atom. The quantitative estimate of drug-likeness (QED) is 0.190. The van der Waals surface area contributed by atoms with Gasteiger partial charge in [-0.2, -0.15) is 0 Å². The molecular formula is C16H29NO10. The van der Waals surface area contributed by atoms with Gasteiger partial charge in [0.25, 0.3) is 0 Å². The monoisotopic (exact) mass is 395 g/mol. The molecule has 0 unspecified atom stereocenters. The average molecular weight is 395 g/mol. The molecule has 1 amide bonds. The van der Waals surface area contributed by atoms with Gasteiger partial charge in [0.15, 0.2) is 6.29 Å². The molecule has 1 rings (SSSR count). The molecule has 6 atom stereocenters. The Balaban J connectivity index is 2.55. The molecule has 158 valence electrons. The van der Waals surface area contributed by atoms with E-state index in [2.05, 4.69) is 5.32 Å². The average Bonchev–Trinajstić information content (AvgIpc) is 2.61. The summed E-state index contributed by atoms with van der Waals surface area (Å²) >= 11 is 0. The highest BCUT2D eigenvalue weighted by Crippen LogP contribution is 2.26. The van der Waals surface area contributed by atoms with Gasteiger partial charge < -0.3 is 45.4 Å². The first-order chi connectivity index (χ1) is 12.5. The number of hydrogen-bond acceptors (Lipinski definition) is 9. The maximum absolute atomic E-state index is 12.0. The van der Waals surface area contributed by atoms with Crippen LogP contribution in [0.4, 0.5) is 0 Å². The SMILES string of the molecule is CC(C)(CO[C@@H]1O[C@H](CO)[C@@H](O)[C@H](O)[C@H]1O)[C@@H](O)C(=O)NCCCC(=O)O. The van der Waals surface area contributed by atoms with Gasteiger partial charge in [-0.15, -0.1) is 0 Å². The van der Waals surface area contributed by atoms with Gasteiger partial charge in [0.2, 0.25) is 5.91 Å². The fraction of sp³-hybridized carbons (Fsp3) is 0.875. The Bertz CT molecular complexity index is 498. The fourth-order valence-corrected chi connectivity index (χ4v) is 2.48. The molecule has 1 saturated heterocycles. The zero-order chi connectivity index (χ0) is 20.8. The third kappa shape index (κ3) is 6.64. The Morgan fingerprint density at radius 2 is 1.81 bits per heavy atom. The smallest absolute Gasteiger partial charge is 0.303 e. The second kappa shape index (κ2) is 10.3. The minimum Gasteiger partial charge on any atom is -0.481 e. The second-order valence-corrected chi connectivity index (χ2v) is 7.19. The molecule has 0 bridgehead atoms. The summed E-state index contributed by atoms with van der Waals surface area (Å²) in [5.74, 6) is -1.69. The molecule has 0 aromatic rings. The Morgan fingerprint density at radius 3 is 2.37 bits per heavy atom. The number of carboxylic acids is 1. The molecule has 1 aliphatic heterocycles. The van der Waals surface area contributed by atoms with Crippen molar-refractivity contribution in [3.8, 4) is 0 Å². The minimum atomic E-state index is -1.59. The molecule has 0 aromatic heterocycles. The molecule has 1 aliphatic rings. The van der Waals surface area contributed by atoms with Crippen LogP contribution in [0.3, 0.4) is 0 Å². The van der Waals surface area contributed by atoms with Crippen molar-refractivity contribution in [1.82, 2.24) is 5.32 Å². The molecule has 7 N–H and O–H groups in total. The molecule has 0 radical (unpaired) electrons. The molecule has 0 aromatic carbocycles. The van der Waals surface area contributed by atoms with Crippen molar-refractivity contribution < 1.29 is 49.7 Å². The van der Waals surface area contributed by atoms with Gasteiger partial charge in [-0.3, -0.25) is 9.59 Å². The van der Waals surface area contributed by atoms with E-state index in [1.165, 1.54) is 13.8 Å². The molecular weight excluding hydrogens is 366 g/mol. The first-order valence-electron chi connectivity index (χ1n) is 8.61. The van der Waals surface area contributed by atoms with Gasteiger partial charge in [0, 0.05) is 18.4 Å². The van der Waals surface area contributed by atoms with Crippen LogP contribution in [0.2, 0.25) is 0 Å². The lowest BCUT2D eigenvalue weighted by Crippen LogP contribution is -2.59. The first-order valence-corrected chi connectivity index (χ1v) is 8.61. The van der Waals surface area contributed by atoms with Crippen LogP contribution in [0, 0.1) is 5.41 Å². The molecule has 11 heteroatoms. The number of nitrogens with one attached hydrogen (secondary N) is 1. The zero-order valence-corrected chi connectivity index (χ0v) is 15.3. The molecule has 27 heavy (non-hydrogen) atoms. The number of amides is 1. The van der Waals surface area contributed by atoms with E-state index in [0.29, 0.717) is 0 Å². The summed E-state index contributed by atoms with van der Waals surface area (Å²) < 4.78 is 10.6. The fourth-order valence-electron chi connectivity index (χ4n) is 2.48. The highest BCUT2D eigenvalue weighted by Gasteiger charge is 2.45. The molecule has 11 nitrogen and oxygen atoms in total. The lowest BCUT2D eigenvalue weighted by atomic mass is 9.87. The largest absolute Gasteiger partial charge is 0.481 e. The molecule has 0 spiro atoms. The third-order valence-corrected chi connectivity index (χ3v) is 4.32. The Kier molecular flexibility index (Phi) is 9.02. The number of ether oxygens (including phenoxy) is 2. The third-order valence-electron chi connectivity index (χ3n) is 4.32. The van der Waals surface area contributed by atoms with Crippen LogP contribution in [0.1, 0.15) is 26.7 Å². The van der Waals surface area contributed by atoms with Gasteiger partial charge in [0.1, 0.15) is 30.5 Å². The Hall–Kier alpha value is -1.34. The van der Waals surface area contributed by atoms with Crippen molar-refractivity contribution in [1.29, 1.82) is 0 Å². The van der Waals surface area contributed by atoms with Gasteiger partial charge in [-0.05, 0) is 6.42 Å². The van der Waals surface area contributed by atoms with Crippen LogP contribution >= 0.6 is 0 Å². The van der Waals surface area contributed by atoms with Crippen LogP contribution in [0.25, 0.3) is 0 Å². The van der Waals surface area contributed by atoms with Crippen molar-refractivity contribution in [2.75, 3.05) is 19.8 Å². The minimum absolute atomic E-state index is 0.0891. The summed E-state index contributed by atoms with van der Waals surface area (Å²) in [5.41, 5.74) is -1.12. The van der Waals surface area contributed by atoms with Crippen LogP contribution in [-0.4, -0.2) is 99.1 Å². The van der Waals surface area contributed by atoms with Crippen LogP contribution < -0.4 is 5.32 Å². The lowest BCUT2D eigenvalue weighted by Gasteiger charge is -2.41. The van der Waals surface area contributed by atoms with E-state index in [1.54, 1.807) is 0 Å². The number of carbonyl (C=O) groups is 2. The van der Waals surface area contributed by atoms with E-state index >= 15 is 0 Å². The van der Waals surface area contributed by atoms with Crippen LogP contribution in [0.5, 0.6) is 0 Å². The molecule has 1 heterocycles. The number of aliphatic carboxylic acids is 1. The standard InChI is InChI=1S/C16H29NO10/c1-16(2,13(24)14(25)17-5-3-4-9(19)20)7-26-15-12(23)11(22)10(21)8(6-18)27-15/h8,10-13,15,18,21-24H,3-7H2,1-2H3,(H,17,25)(H,19,20)/t8-,10-,11+,12-,13+,15-/m1/s1. The van der Waals surface area contributed by atoms with E-state index in [4.69, 9.17) is 19.7 Å². The molecule has 0 saturated carbocycles. The first kappa shape index (κ1) is 23.7. The van der Waals surface area contributed by atoms with Crippen molar-refractivity contribution in [2.45, 2.75) is 63.5 Å². The van der Waals surface area contributed by atoms with Gasteiger partial charge in [-0.1, -0.05) is 13.8 Å². The summed E-state index contributed by atoms with van der Waals surface area (Å²) in [4.78, 5) is 22.4. The van der Waals surface area contributed by atoms with E-state index in [1.807, 2.05) is 0 Å². The van der Waals surface area contributed by atoms with Crippen LogP contribution in [0.15, 0.2) is 0 Å². The number of rotatable bonds is 10. The number of hydrogen-bond donors (Lipinski definition) is 7. The van der Waals surface area contributed by atoms with E-state index in [9.17, 15) is 30.0 Å². The summed E-state index contributed by atoms with van der Waals surface area (Å²) in [7, 11) is 0. The highest BCUT2D eigenvalue weighted by molar-refractivity contribution is 5.81. The summed E-state index contributed by atoms with van der Waals surface area (Å²) in [6, 6.07) is 0. The number of carboxylic acid groups (broad SMARTS) is 1. The van der Waals surface area contributed by atoms with Crippen molar-refractivity contribution >= 4 is 11.9 Å². The lowest BCUT2D eigenvalue weighted by molar-refractivity contribution is -0.306. The predicted octanol–water partition coefficient (Wildman–Crippen LogP) is -2.83. The Labute approximate surface area is 156 Å². The second-order valence-electron chi connectivity index (χ2n) is 7.19. The van der Waals surface area contributed by atoms with E-state index in [0.717, 1.165) is 0 Å². The summed E-state index contributed by atoms with van der Waals surface area (Å²) in [6.45, 7) is 2.29. The maximum atomic E-state index is 12.0. The van der Waals surface area contributed by atoms with E-state index in [-0.39, 0.29) is 26.0 Å². The van der Waals surface area contributed by atoms with Crippen molar-refractivity contribution in [3.05, 3.63) is 0 Å². The topological polar surface area (TPSA) is 186 Å². The molecule has 1 fully saturated rings. The van der Waals surface area contributed by atoms with Crippen molar-refractivity contribution in [3.63, 3.8) is 0 Å². The van der Waals surface area contributed by atoms with E-state index < -0.39 is 60.7 Å². The van der Waals surface area contributed by atoms with Crippen molar-refractivity contribution in [2.24, 2.45) is 5.41 Å². The van der Waals surface area contributed by atoms with Gasteiger partial charge in [-0.25, -0.2) is 0 Å². The predicted molar refractivity (Wildman–Crippen MR) is 89.4 cm³/mol. The number of aliphatic hydroxyl groups is 5. The maximum Gasteiger partial charge on any atom is 0.303 e. The summed E-state index contributed by atoms with van der Waals surface area (Å²) in [5, 5.41) is 59.7. The summed E-state index contributed by atoms with van der Waals surface area (Å²) in [6.07, 6.45) is -8.57. The van der Waals surface area contributed by atoms with Crippen LogP contribution in [-0.2, 0) is 19.1 Å². The number of carbonyl (C=O) groups excluding carboxylic acids is 1.